The fourth-order valence-corrected chi connectivity index (χ4v) is 2.70. The van der Waals surface area contributed by atoms with E-state index in [9.17, 15) is 0 Å². The van der Waals surface area contributed by atoms with E-state index in [0.29, 0.717) is 18.2 Å². The maximum atomic E-state index is 5.49. The minimum Gasteiger partial charge on any atom is -0.496 e. The second-order valence-electron chi connectivity index (χ2n) is 5.77. The molecule has 0 unspecified atom stereocenters. The molecule has 0 heterocycles. The molecule has 0 bridgehead atoms. The highest BCUT2D eigenvalue weighted by atomic mass is 32.1. The summed E-state index contributed by atoms with van der Waals surface area (Å²) in [6.45, 7) is 1.42. The van der Waals surface area contributed by atoms with Crippen LogP contribution in [0.2, 0.25) is 0 Å². The summed E-state index contributed by atoms with van der Waals surface area (Å²) < 4.78 is 5.49. The van der Waals surface area contributed by atoms with E-state index >= 15 is 0 Å². The Hall–Kier alpha value is -2.11. The van der Waals surface area contributed by atoms with Crippen molar-refractivity contribution in [1.82, 2.24) is 15.5 Å². The first-order valence-electron chi connectivity index (χ1n) is 7.96. The second kappa shape index (κ2) is 9.25. The minimum absolute atomic E-state index is 0.164. The molecule has 0 fully saturated rings. The van der Waals surface area contributed by atoms with Crippen LogP contribution in [0, 0.1) is 0 Å². The summed E-state index contributed by atoms with van der Waals surface area (Å²) in [4.78, 5) is 2.16. The Morgan fingerprint density at radius 2 is 1.71 bits per heavy atom. The van der Waals surface area contributed by atoms with E-state index in [-0.39, 0.29) is 6.04 Å². The minimum atomic E-state index is 0.164. The monoisotopic (exact) mass is 343 g/mol. The number of hydrogen-bond acceptors (Lipinski definition) is 3. The number of benzene rings is 2. The number of nitrogens with one attached hydrogen (secondary N) is 2. The van der Waals surface area contributed by atoms with Crippen molar-refractivity contribution in [3.8, 4) is 5.75 Å². The van der Waals surface area contributed by atoms with Gasteiger partial charge in [-0.15, -0.1) is 0 Å². The maximum absolute atomic E-state index is 5.49. The molecule has 5 heteroatoms. The Balaban J connectivity index is 1.93. The third-order valence-corrected chi connectivity index (χ3v) is 4.16. The molecule has 0 spiro atoms. The topological polar surface area (TPSA) is 36.5 Å². The lowest BCUT2D eigenvalue weighted by Gasteiger charge is -2.27. The normalized spacial score (nSPS) is 11.8. The fraction of sp³-hybridized carbons (Fsp3) is 0.316. The number of thiocarbonyl (C=S) groups is 1. The lowest BCUT2D eigenvalue weighted by molar-refractivity contribution is 0.288. The number of methoxy groups -OCH3 is 1. The van der Waals surface area contributed by atoms with Crippen molar-refractivity contribution < 1.29 is 4.74 Å². The number of ether oxygens (including phenoxy) is 1. The molecule has 0 saturated carbocycles. The largest absolute Gasteiger partial charge is 0.496 e. The molecule has 0 aliphatic carbocycles. The van der Waals surface area contributed by atoms with Crippen LogP contribution in [-0.4, -0.2) is 37.8 Å². The van der Waals surface area contributed by atoms with Crippen molar-refractivity contribution in [3.63, 3.8) is 0 Å². The Labute approximate surface area is 149 Å². The van der Waals surface area contributed by atoms with Crippen LogP contribution < -0.4 is 15.4 Å². The molecule has 1 atom stereocenters. The average molecular weight is 343 g/mol. The summed E-state index contributed by atoms with van der Waals surface area (Å²) in [6, 6.07) is 18.5. The van der Waals surface area contributed by atoms with Gasteiger partial charge in [0.05, 0.1) is 13.2 Å². The van der Waals surface area contributed by atoms with E-state index in [2.05, 4.69) is 47.8 Å². The fourth-order valence-electron chi connectivity index (χ4n) is 2.54. The lowest BCUT2D eigenvalue weighted by Crippen LogP contribution is -2.40. The van der Waals surface area contributed by atoms with Gasteiger partial charge in [-0.05, 0) is 37.9 Å². The van der Waals surface area contributed by atoms with E-state index in [1.54, 1.807) is 7.11 Å². The molecule has 128 valence electrons. The highest BCUT2D eigenvalue weighted by Crippen LogP contribution is 2.27. The predicted molar refractivity (Wildman–Crippen MR) is 103 cm³/mol. The van der Waals surface area contributed by atoms with Crippen LogP contribution in [-0.2, 0) is 6.54 Å². The Kier molecular flexibility index (Phi) is 7.03. The third-order valence-electron chi connectivity index (χ3n) is 3.87. The van der Waals surface area contributed by atoms with Crippen molar-refractivity contribution in [1.29, 1.82) is 0 Å². The summed E-state index contributed by atoms with van der Waals surface area (Å²) in [6.07, 6.45) is 0. The zero-order chi connectivity index (χ0) is 17.4. The van der Waals surface area contributed by atoms with Gasteiger partial charge < -0.3 is 20.3 Å². The smallest absolute Gasteiger partial charge is 0.166 e. The van der Waals surface area contributed by atoms with Gasteiger partial charge >= 0.3 is 0 Å². The molecular weight excluding hydrogens is 318 g/mol. The maximum Gasteiger partial charge on any atom is 0.166 e. The van der Waals surface area contributed by atoms with Crippen molar-refractivity contribution in [3.05, 3.63) is 65.7 Å². The molecule has 0 amide bonds. The Morgan fingerprint density at radius 1 is 1.04 bits per heavy atom. The highest BCUT2D eigenvalue weighted by molar-refractivity contribution is 7.80. The molecule has 0 saturated heterocycles. The van der Waals surface area contributed by atoms with Crippen molar-refractivity contribution >= 4 is 17.3 Å². The van der Waals surface area contributed by atoms with Crippen molar-refractivity contribution in [2.75, 3.05) is 27.7 Å². The molecule has 2 aromatic carbocycles. The van der Waals surface area contributed by atoms with Gasteiger partial charge in [-0.2, -0.15) is 0 Å². The van der Waals surface area contributed by atoms with Gasteiger partial charge in [0.25, 0.3) is 0 Å². The molecule has 2 N–H and O–H groups in total. The first-order valence-corrected chi connectivity index (χ1v) is 8.37. The van der Waals surface area contributed by atoms with Gasteiger partial charge in [0.1, 0.15) is 5.75 Å². The summed E-state index contributed by atoms with van der Waals surface area (Å²) in [7, 11) is 5.81. The van der Waals surface area contributed by atoms with E-state index in [1.807, 2.05) is 36.4 Å². The Bertz CT molecular complexity index is 646. The first-order chi connectivity index (χ1) is 11.6. The first kappa shape index (κ1) is 18.2. The number of hydrogen-bond donors (Lipinski definition) is 2. The number of rotatable bonds is 7. The van der Waals surface area contributed by atoms with Gasteiger partial charge in [-0.1, -0.05) is 48.5 Å². The lowest BCUT2D eigenvalue weighted by atomic mass is 10.0. The highest BCUT2D eigenvalue weighted by Gasteiger charge is 2.18. The second-order valence-corrected chi connectivity index (χ2v) is 6.18. The molecule has 4 nitrogen and oxygen atoms in total. The molecule has 0 radical (unpaired) electrons. The predicted octanol–water partition coefficient (Wildman–Crippen LogP) is 2.96. The van der Waals surface area contributed by atoms with Gasteiger partial charge in [0.2, 0.25) is 0 Å². The van der Waals surface area contributed by atoms with E-state index in [4.69, 9.17) is 17.0 Å². The number of likely N-dealkylation sites (N-methyl/N-ethyl adjacent to an activating group) is 1. The van der Waals surface area contributed by atoms with Gasteiger partial charge in [-0.25, -0.2) is 0 Å². The quantitative estimate of drug-likeness (QED) is 0.756. The Morgan fingerprint density at radius 3 is 2.38 bits per heavy atom. The molecule has 0 aromatic heterocycles. The average Bonchev–Trinajstić information content (AvgIpc) is 2.61. The molecule has 2 rings (SSSR count). The summed E-state index contributed by atoms with van der Waals surface area (Å²) in [5.41, 5.74) is 2.35. The third kappa shape index (κ3) is 5.22. The van der Waals surface area contributed by atoms with Crippen LogP contribution in [0.4, 0.5) is 0 Å². The van der Waals surface area contributed by atoms with Gasteiger partial charge in [0.15, 0.2) is 5.11 Å². The van der Waals surface area contributed by atoms with Crippen molar-refractivity contribution in [2.24, 2.45) is 0 Å². The molecule has 24 heavy (non-hydrogen) atoms. The zero-order valence-electron chi connectivity index (χ0n) is 14.5. The van der Waals surface area contributed by atoms with Crippen molar-refractivity contribution in [2.45, 2.75) is 12.6 Å². The van der Waals surface area contributed by atoms with Crippen LogP contribution in [0.5, 0.6) is 5.75 Å². The van der Waals surface area contributed by atoms with Gasteiger partial charge in [-0.3, -0.25) is 0 Å². The number of nitrogens with zero attached hydrogens (tertiary/aromatic N) is 1. The van der Waals surface area contributed by atoms with Crippen LogP contribution >= 0.6 is 12.2 Å². The number of para-hydroxylation sites is 1. The van der Waals surface area contributed by atoms with Gasteiger partial charge in [0, 0.05) is 18.7 Å². The standard InChI is InChI=1S/C19H25N3OS/c1-22(2)17(16-11-7-8-12-18(16)23-3)14-21-19(24)20-13-15-9-5-4-6-10-15/h4-12,17H,13-14H2,1-3H3,(H2,20,21,24)/t17-/m0/s1. The van der Waals surface area contributed by atoms with Crippen LogP contribution in [0.1, 0.15) is 17.2 Å². The van der Waals surface area contributed by atoms with Crippen LogP contribution in [0.3, 0.4) is 0 Å². The summed E-state index contributed by atoms with van der Waals surface area (Å²) in [5, 5.41) is 7.20. The van der Waals surface area contributed by atoms with E-state index in [1.165, 1.54) is 5.56 Å². The summed E-state index contributed by atoms with van der Waals surface area (Å²) in [5.74, 6) is 0.890. The molecule has 0 aliphatic heterocycles. The molecular formula is C19H25N3OS. The summed E-state index contributed by atoms with van der Waals surface area (Å²) >= 11 is 5.40. The molecule has 2 aromatic rings. The van der Waals surface area contributed by atoms with E-state index < -0.39 is 0 Å². The SMILES string of the molecule is COc1ccccc1[C@H](CNC(=S)NCc1ccccc1)N(C)C. The van der Waals surface area contributed by atoms with Crippen LogP contribution in [0.25, 0.3) is 0 Å². The van der Waals surface area contributed by atoms with E-state index in [0.717, 1.165) is 11.3 Å². The molecule has 0 aliphatic rings. The zero-order valence-corrected chi connectivity index (χ0v) is 15.3. The van der Waals surface area contributed by atoms with Crippen LogP contribution in [0.15, 0.2) is 54.6 Å².